The van der Waals surface area contributed by atoms with Crippen LogP contribution in [0.3, 0.4) is 0 Å². The second-order valence-electron chi connectivity index (χ2n) is 2.70. The zero-order valence-corrected chi connectivity index (χ0v) is 5.62. The van der Waals surface area contributed by atoms with Crippen LogP contribution in [0.25, 0.3) is 0 Å². The highest BCUT2D eigenvalue weighted by molar-refractivity contribution is 6.75. The van der Waals surface area contributed by atoms with Crippen molar-refractivity contribution in [3.8, 4) is 0 Å². The maximum Gasteiger partial charge on any atom is 0.0788 e. The Morgan fingerprint density at radius 3 is 1.50 bits per heavy atom. The first-order valence-corrected chi connectivity index (χ1v) is 5.85. The molecule has 0 saturated carbocycles. The fourth-order valence-corrected chi connectivity index (χ4v) is 0. The lowest BCUT2D eigenvalue weighted by Gasteiger charge is -2.06. The molecule has 0 aliphatic rings. The van der Waals surface area contributed by atoms with Crippen molar-refractivity contribution < 1.29 is 5.11 Å². The molecule has 1 radical (unpaired) electrons. The Morgan fingerprint density at radius 2 is 1.50 bits per heavy atom. The monoisotopic (exact) mass is 103 g/mol. The van der Waals surface area contributed by atoms with Gasteiger partial charge in [0, 0.05) is 0 Å². The van der Waals surface area contributed by atoms with Gasteiger partial charge in [-0.3, -0.25) is 0 Å². The van der Waals surface area contributed by atoms with Crippen LogP contribution in [0.2, 0.25) is 19.6 Å². The average Bonchev–Trinajstić information content (AvgIpc) is 1.35. The molecule has 0 saturated heterocycles. The van der Waals surface area contributed by atoms with Crippen LogP contribution in [0.5, 0.6) is 0 Å². The van der Waals surface area contributed by atoms with E-state index in [2.05, 4.69) is 19.6 Å². The van der Waals surface area contributed by atoms with Crippen molar-refractivity contribution in [2.45, 2.75) is 19.6 Å². The van der Waals surface area contributed by atoms with Crippen LogP contribution in [-0.2, 0) is 5.11 Å². The highest BCUT2D eigenvalue weighted by Crippen LogP contribution is 1.95. The molecule has 0 spiro atoms. The third-order valence-corrected chi connectivity index (χ3v) is 1.30. The van der Waals surface area contributed by atoms with Crippen LogP contribution >= 0.6 is 0 Å². The van der Waals surface area contributed by atoms with Gasteiger partial charge in [0.25, 0.3) is 0 Å². The lowest BCUT2D eigenvalue weighted by Crippen LogP contribution is -2.24. The Balaban J connectivity index is 3.17. The SMILES string of the molecule is C[Si](C)(C)C[O]. The van der Waals surface area contributed by atoms with E-state index in [1.807, 2.05) is 0 Å². The van der Waals surface area contributed by atoms with Gasteiger partial charge < -0.3 is 0 Å². The summed E-state index contributed by atoms with van der Waals surface area (Å²) >= 11 is 0. The van der Waals surface area contributed by atoms with Gasteiger partial charge in [-0.2, -0.15) is 0 Å². The number of hydrogen-bond acceptors (Lipinski definition) is 0. The van der Waals surface area contributed by atoms with E-state index in [0.29, 0.717) is 0 Å². The van der Waals surface area contributed by atoms with Crippen molar-refractivity contribution in [3.05, 3.63) is 0 Å². The molecule has 0 unspecified atom stereocenters. The highest BCUT2D eigenvalue weighted by atomic mass is 28.3. The number of hydrogen-bond donors (Lipinski definition) is 0. The first-order valence-electron chi connectivity index (χ1n) is 2.14. The molecule has 0 fully saturated rings. The molecule has 0 bridgehead atoms. The molecule has 0 amide bonds. The molecular formula is C4H11OSi. The Hall–Kier alpha value is 0.177. The summed E-state index contributed by atoms with van der Waals surface area (Å²) < 4.78 is 0. The fourth-order valence-electron chi connectivity index (χ4n) is 0. The molecule has 0 aliphatic carbocycles. The number of rotatable bonds is 1. The van der Waals surface area contributed by atoms with Crippen molar-refractivity contribution in [2.24, 2.45) is 0 Å². The molecule has 0 aromatic heterocycles. The Bertz CT molecular complexity index is 37.3. The Kier molecular flexibility index (Phi) is 1.81. The van der Waals surface area contributed by atoms with Crippen LogP contribution in [0, 0.1) is 0 Å². The first-order chi connectivity index (χ1) is 2.56. The normalized spacial score (nSPS) is 12.0. The molecule has 0 aliphatic heterocycles. The van der Waals surface area contributed by atoms with Crippen molar-refractivity contribution in [1.82, 2.24) is 0 Å². The van der Waals surface area contributed by atoms with Gasteiger partial charge in [0.2, 0.25) is 0 Å². The fraction of sp³-hybridized carbons (Fsp3) is 1.00. The van der Waals surface area contributed by atoms with E-state index in [9.17, 15) is 5.11 Å². The third kappa shape index (κ3) is 4.18. The van der Waals surface area contributed by atoms with Crippen LogP contribution in [0.4, 0.5) is 0 Å². The van der Waals surface area contributed by atoms with Crippen LogP contribution < -0.4 is 0 Å². The van der Waals surface area contributed by atoms with Crippen LogP contribution in [-0.4, -0.2) is 14.3 Å². The quantitative estimate of drug-likeness (QED) is 0.446. The van der Waals surface area contributed by atoms with Gasteiger partial charge in [0.1, 0.15) is 0 Å². The topological polar surface area (TPSA) is 19.9 Å². The van der Waals surface area contributed by atoms with Gasteiger partial charge in [-0.25, -0.2) is 5.11 Å². The van der Waals surface area contributed by atoms with Crippen molar-refractivity contribution >= 4 is 8.07 Å². The van der Waals surface area contributed by atoms with Crippen LogP contribution in [0.1, 0.15) is 0 Å². The zero-order chi connectivity index (χ0) is 5.21. The molecule has 0 aromatic rings. The molecule has 0 rings (SSSR count). The van der Waals surface area contributed by atoms with Gasteiger partial charge in [-0.15, -0.1) is 0 Å². The van der Waals surface area contributed by atoms with Crippen molar-refractivity contribution in [3.63, 3.8) is 0 Å². The summed E-state index contributed by atoms with van der Waals surface area (Å²) in [5.41, 5.74) is 0. The average molecular weight is 103 g/mol. The third-order valence-electron chi connectivity index (χ3n) is 0.433. The molecule has 1 nitrogen and oxygen atoms in total. The maximum absolute atomic E-state index is 10.0. The standard InChI is InChI=1S/C4H11OSi/c1-6(2,3)4-5/h4H2,1-3H3. The summed E-state index contributed by atoms with van der Waals surface area (Å²) in [5, 5.41) is 10.0. The maximum atomic E-state index is 10.0. The van der Waals surface area contributed by atoms with Crippen molar-refractivity contribution in [1.29, 1.82) is 0 Å². The predicted molar refractivity (Wildman–Crippen MR) is 28.9 cm³/mol. The molecule has 6 heavy (non-hydrogen) atoms. The summed E-state index contributed by atoms with van der Waals surface area (Å²) in [6, 6.07) is 0. The van der Waals surface area contributed by atoms with E-state index in [1.165, 1.54) is 0 Å². The van der Waals surface area contributed by atoms with E-state index in [1.54, 1.807) is 0 Å². The van der Waals surface area contributed by atoms with Crippen LogP contribution in [0.15, 0.2) is 0 Å². The summed E-state index contributed by atoms with van der Waals surface area (Å²) in [4.78, 5) is 0. The van der Waals surface area contributed by atoms with Gasteiger partial charge in [-0.1, -0.05) is 19.6 Å². The lowest BCUT2D eigenvalue weighted by atomic mass is 11.7. The molecule has 0 N–H and O–H groups in total. The minimum atomic E-state index is -1.19. The Morgan fingerprint density at radius 1 is 1.33 bits per heavy atom. The molecule has 37 valence electrons. The molecule has 0 heterocycles. The summed E-state index contributed by atoms with van der Waals surface area (Å²) in [5.74, 6) is 0. The summed E-state index contributed by atoms with van der Waals surface area (Å²) in [6.07, 6.45) is 0.160. The predicted octanol–water partition coefficient (Wildman–Crippen LogP) is 1.29. The van der Waals surface area contributed by atoms with E-state index in [4.69, 9.17) is 0 Å². The second-order valence-corrected chi connectivity index (χ2v) is 8.11. The van der Waals surface area contributed by atoms with Gasteiger partial charge in [0.05, 0.1) is 14.3 Å². The van der Waals surface area contributed by atoms with Gasteiger partial charge in [0.15, 0.2) is 0 Å². The lowest BCUT2D eigenvalue weighted by molar-refractivity contribution is 0.247. The largest absolute Gasteiger partial charge is 0.241 e. The smallest absolute Gasteiger partial charge is 0.0788 e. The minimum Gasteiger partial charge on any atom is -0.241 e. The molecule has 2 heteroatoms. The van der Waals surface area contributed by atoms with Crippen molar-refractivity contribution in [2.75, 3.05) is 6.23 Å². The summed E-state index contributed by atoms with van der Waals surface area (Å²) in [7, 11) is -1.19. The minimum absolute atomic E-state index is 0.160. The second kappa shape index (κ2) is 1.75. The highest BCUT2D eigenvalue weighted by Gasteiger charge is 2.10. The molecular weight excluding hydrogens is 92.1 g/mol. The van der Waals surface area contributed by atoms with Gasteiger partial charge in [-0.05, 0) is 0 Å². The van der Waals surface area contributed by atoms with E-state index >= 15 is 0 Å². The zero-order valence-electron chi connectivity index (χ0n) is 4.62. The van der Waals surface area contributed by atoms with Gasteiger partial charge >= 0.3 is 0 Å². The molecule has 0 aromatic carbocycles. The summed E-state index contributed by atoms with van der Waals surface area (Å²) in [6.45, 7) is 6.21. The van der Waals surface area contributed by atoms with E-state index < -0.39 is 8.07 Å². The molecule has 0 atom stereocenters. The van der Waals surface area contributed by atoms with E-state index in [-0.39, 0.29) is 6.23 Å². The Labute approximate surface area is 40.0 Å². The first kappa shape index (κ1) is 6.18. The van der Waals surface area contributed by atoms with E-state index in [0.717, 1.165) is 0 Å².